The van der Waals surface area contributed by atoms with Gasteiger partial charge in [-0.3, -0.25) is 0 Å². The van der Waals surface area contributed by atoms with Crippen LogP contribution in [0.15, 0.2) is 36.7 Å². The Labute approximate surface area is 60.5 Å². The van der Waals surface area contributed by atoms with Gasteiger partial charge in [0.15, 0.2) is 0 Å². The summed E-state index contributed by atoms with van der Waals surface area (Å²) in [6, 6.07) is 0. The predicted molar refractivity (Wildman–Crippen MR) is 40.4 cm³/mol. The van der Waals surface area contributed by atoms with Crippen LogP contribution in [0.5, 0.6) is 0 Å². The molecule has 0 amide bonds. The first-order valence-electron chi connectivity index (χ1n) is 2.86. The summed E-state index contributed by atoms with van der Waals surface area (Å²) < 4.78 is 16.7. The molecule has 0 aromatic rings. The lowest BCUT2D eigenvalue weighted by Gasteiger charge is -1.94. The van der Waals surface area contributed by atoms with Gasteiger partial charge in [0, 0.05) is 7.11 Å². The van der Waals surface area contributed by atoms with Crippen molar-refractivity contribution in [3.05, 3.63) is 36.7 Å². The molecule has 0 aromatic heterocycles. The first-order valence-corrected chi connectivity index (χ1v) is 2.86. The maximum absolute atomic E-state index is 11.9. The second-order valence-electron chi connectivity index (χ2n) is 1.87. The van der Waals surface area contributed by atoms with Crippen LogP contribution in [-0.2, 0) is 4.74 Å². The number of halogens is 1. The van der Waals surface area contributed by atoms with E-state index < -0.39 is 5.83 Å². The standard InChI is InChI=1S/C8H11FO/c1-7(6-10-3)4-5-8(2)9/h4-5H,1-2,6H2,3H3/b5-4-. The van der Waals surface area contributed by atoms with Crippen molar-refractivity contribution in [2.75, 3.05) is 13.7 Å². The van der Waals surface area contributed by atoms with E-state index in [1.54, 1.807) is 7.11 Å². The van der Waals surface area contributed by atoms with Gasteiger partial charge in [-0.05, 0) is 11.6 Å². The molecule has 0 N–H and O–H groups in total. The van der Waals surface area contributed by atoms with Crippen molar-refractivity contribution in [2.45, 2.75) is 0 Å². The molecular formula is C8H11FO. The third kappa shape index (κ3) is 5.25. The van der Waals surface area contributed by atoms with Crippen LogP contribution in [0.25, 0.3) is 0 Å². The lowest BCUT2D eigenvalue weighted by Crippen LogP contribution is -1.88. The second kappa shape index (κ2) is 4.94. The molecule has 0 aliphatic carbocycles. The normalized spacial score (nSPS) is 10.2. The third-order valence-corrected chi connectivity index (χ3v) is 0.830. The zero-order valence-corrected chi connectivity index (χ0v) is 6.06. The van der Waals surface area contributed by atoms with Crippen molar-refractivity contribution in [3.63, 3.8) is 0 Å². The Hall–Kier alpha value is -0.890. The molecule has 0 saturated carbocycles. The fourth-order valence-corrected chi connectivity index (χ4v) is 0.442. The van der Waals surface area contributed by atoms with E-state index in [9.17, 15) is 4.39 Å². The van der Waals surface area contributed by atoms with E-state index in [4.69, 9.17) is 4.74 Å². The van der Waals surface area contributed by atoms with Gasteiger partial charge in [-0.2, -0.15) is 0 Å². The Morgan fingerprint density at radius 1 is 1.50 bits per heavy atom. The Bertz CT molecular complexity index is 159. The molecule has 10 heavy (non-hydrogen) atoms. The summed E-state index contributed by atoms with van der Waals surface area (Å²) in [5.74, 6) is -0.475. The van der Waals surface area contributed by atoms with Gasteiger partial charge in [0.25, 0.3) is 0 Å². The number of hydrogen-bond donors (Lipinski definition) is 0. The molecule has 0 aliphatic heterocycles. The summed E-state index contributed by atoms with van der Waals surface area (Å²) in [5, 5.41) is 0. The minimum absolute atomic E-state index is 0.420. The van der Waals surface area contributed by atoms with Crippen molar-refractivity contribution in [3.8, 4) is 0 Å². The highest BCUT2D eigenvalue weighted by molar-refractivity contribution is 5.20. The summed E-state index contributed by atoms with van der Waals surface area (Å²) in [6.07, 6.45) is 2.78. The first kappa shape index (κ1) is 9.11. The van der Waals surface area contributed by atoms with Crippen LogP contribution in [0.4, 0.5) is 4.39 Å². The molecule has 56 valence electrons. The van der Waals surface area contributed by atoms with Crippen LogP contribution in [0.2, 0.25) is 0 Å². The number of ether oxygens (including phenoxy) is 1. The molecule has 0 atom stereocenters. The molecule has 0 bridgehead atoms. The minimum atomic E-state index is -0.475. The first-order chi connectivity index (χ1) is 4.66. The SMILES string of the molecule is C=C(F)/C=C\C(=C)COC. The van der Waals surface area contributed by atoms with E-state index in [1.165, 1.54) is 12.2 Å². The van der Waals surface area contributed by atoms with Crippen LogP contribution in [0, 0.1) is 0 Å². The number of allylic oxidation sites excluding steroid dienone is 2. The number of methoxy groups -OCH3 is 1. The number of hydrogen-bond acceptors (Lipinski definition) is 1. The zero-order chi connectivity index (χ0) is 7.98. The van der Waals surface area contributed by atoms with Crippen LogP contribution in [0.3, 0.4) is 0 Å². The summed E-state index contributed by atoms with van der Waals surface area (Å²) in [6.45, 7) is 7.07. The molecule has 1 nitrogen and oxygen atoms in total. The molecule has 0 unspecified atom stereocenters. The highest BCUT2D eigenvalue weighted by Gasteiger charge is 1.85. The topological polar surface area (TPSA) is 9.23 Å². The van der Waals surface area contributed by atoms with Gasteiger partial charge in [0.1, 0.15) is 5.83 Å². The fourth-order valence-electron chi connectivity index (χ4n) is 0.442. The van der Waals surface area contributed by atoms with E-state index in [-0.39, 0.29) is 0 Å². The highest BCUT2D eigenvalue weighted by Crippen LogP contribution is 1.98. The molecule has 0 aliphatic rings. The van der Waals surface area contributed by atoms with Gasteiger partial charge < -0.3 is 4.74 Å². The summed E-state index contributed by atoms with van der Waals surface area (Å²) in [7, 11) is 1.56. The molecule has 0 heterocycles. The third-order valence-electron chi connectivity index (χ3n) is 0.830. The van der Waals surface area contributed by atoms with Gasteiger partial charge in [-0.15, -0.1) is 0 Å². The van der Waals surface area contributed by atoms with Crippen LogP contribution >= 0.6 is 0 Å². The van der Waals surface area contributed by atoms with Gasteiger partial charge in [0.05, 0.1) is 6.61 Å². The minimum Gasteiger partial charge on any atom is -0.380 e. The Morgan fingerprint density at radius 2 is 2.10 bits per heavy atom. The monoisotopic (exact) mass is 142 g/mol. The molecule has 0 rings (SSSR count). The fraction of sp³-hybridized carbons (Fsp3) is 0.250. The zero-order valence-electron chi connectivity index (χ0n) is 6.06. The second-order valence-corrected chi connectivity index (χ2v) is 1.87. The maximum Gasteiger partial charge on any atom is 0.116 e. The smallest absolute Gasteiger partial charge is 0.116 e. The van der Waals surface area contributed by atoms with Crippen LogP contribution in [0.1, 0.15) is 0 Å². The van der Waals surface area contributed by atoms with Crippen molar-refractivity contribution < 1.29 is 9.13 Å². The lowest BCUT2D eigenvalue weighted by atomic mass is 10.3. The van der Waals surface area contributed by atoms with Crippen molar-refractivity contribution in [1.29, 1.82) is 0 Å². The summed E-state index contributed by atoms with van der Waals surface area (Å²) >= 11 is 0. The Morgan fingerprint density at radius 3 is 2.50 bits per heavy atom. The van der Waals surface area contributed by atoms with E-state index in [1.807, 2.05) is 0 Å². The van der Waals surface area contributed by atoms with Gasteiger partial charge >= 0.3 is 0 Å². The van der Waals surface area contributed by atoms with E-state index in [2.05, 4.69) is 13.2 Å². The predicted octanol–water partition coefficient (Wildman–Crippen LogP) is 2.23. The average molecular weight is 142 g/mol. The van der Waals surface area contributed by atoms with Crippen molar-refractivity contribution >= 4 is 0 Å². The van der Waals surface area contributed by atoms with Gasteiger partial charge in [0.2, 0.25) is 0 Å². The van der Waals surface area contributed by atoms with Crippen molar-refractivity contribution in [2.24, 2.45) is 0 Å². The molecule has 0 saturated heterocycles. The van der Waals surface area contributed by atoms with Crippen molar-refractivity contribution in [1.82, 2.24) is 0 Å². The van der Waals surface area contributed by atoms with E-state index in [0.29, 0.717) is 6.61 Å². The van der Waals surface area contributed by atoms with E-state index in [0.717, 1.165) is 5.57 Å². The molecule has 0 radical (unpaired) electrons. The molecule has 0 spiro atoms. The largest absolute Gasteiger partial charge is 0.380 e. The molecular weight excluding hydrogens is 131 g/mol. The summed E-state index contributed by atoms with van der Waals surface area (Å²) in [5.41, 5.74) is 0.723. The van der Waals surface area contributed by atoms with Gasteiger partial charge in [-0.25, -0.2) is 4.39 Å². The quantitative estimate of drug-likeness (QED) is 0.547. The Balaban J connectivity index is 3.67. The molecule has 2 heteroatoms. The lowest BCUT2D eigenvalue weighted by molar-refractivity contribution is 0.228. The Kier molecular flexibility index (Phi) is 4.50. The molecule has 0 aromatic carbocycles. The van der Waals surface area contributed by atoms with Crippen LogP contribution in [-0.4, -0.2) is 13.7 Å². The highest BCUT2D eigenvalue weighted by atomic mass is 19.1. The number of rotatable bonds is 4. The summed E-state index contributed by atoms with van der Waals surface area (Å²) in [4.78, 5) is 0. The molecule has 0 fully saturated rings. The maximum atomic E-state index is 11.9. The van der Waals surface area contributed by atoms with Crippen LogP contribution < -0.4 is 0 Å². The van der Waals surface area contributed by atoms with Gasteiger partial charge in [-0.1, -0.05) is 19.2 Å². The average Bonchev–Trinajstić information content (AvgIpc) is 1.85. The van der Waals surface area contributed by atoms with E-state index >= 15 is 0 Å².